The van der Waals surface area contributed by atoms with E-state index in [1.165, 1.54) is 0 Å². The summed E-state index contributed by atoms with van der Waals surface area (Å²) in [5, 5.41) is 65.8. The summed E-state index contributed by atoms with van der Waals surface area (Å²) in [6.07, 6.45) is 0. The van der Waals surface area contributed by atoms with Crippen LogP contribution in [0, 0.1) is 50.3 Å². The van der Waals surface area contributed by atoms with E-state index in [9.17, 15) is 60.5 Å². The first-order valence-electron chi connectivity index (χ1n) is 8.32. The van der Waals surface area contributed by atoms with Gasteiger partial charge in [-0.05, 0) is 0 Å². The molecule has 0 bridgehead atoms. The standard InChI is InChI=1S/2C6H3N3O8.2Pb/c2*10-5-2(7(12)13)1-3(8(14)15)6(11)4(5)9(16)17;;/h2*1,10-11H;;/q;;2*+2/p-4. The summed E-state index contributed by atoms with van der Waals surface area (Å²) >= 11 is -4.67. The van der Waals surface area contributed by atoms with Gasteiger partial charge in [0.25, 0.3) is 0 Å². The van der Waals surface area contributed by atoms with Crippen molar-refractivity contribution in [3.05, 3.63) is 62.4 Å². The van der Waals surface area contributed by atoms with Gasteiger partial charge < -0.3 is 0 Å². The van der Waals surface area contributed by atoms with Crippen LogP contribution in [0.2, 0.25) is 0 Å². The predicted molar refractivity (Wildman–Crippen MR) is 99.9 cm³/mol. The second-order valence-electron chi connectivity index (χ2n) is 5.94. The van der Waals surface area contributed by atoms with E-state index in [4.69, 9.17) is 5.37 Å². The Labute approximate surface area is 219 Å². The summed E-state index contributed by atoms with van der Waals surface area (Å²) in [7, 11) is 0. The van der Waals surface area contributed by atoms with Crippen molar-refractivity contribution in [3.63, 3.8) is 0 Å². The van der Waals surface area contributed by atoms with Crippen molar-refractivity contribution in [1.82, 2.24) is 0 Å². The molecule has 0 atom stereocenters. The van der Waals surface area contributed by atoms with Crippen molar-refractivity contribution in [2.45, 2.75) is 0 Å². The summed E-state index contributed by atoms with van der Waals surface area (Å²) < 4.78 is 18.7. The van der Waals surface area contributed by atoms with E-state index in [1.807, 2.05) is 0 Å². The van der Waals surface area contributed by atoms with Crippen LogP contribution in [-0.2, 0) is 5.58 Å². The Kier molecular flexibility index (Phi) is 7.54. The molecule has 184 valence electrons. The van der Waals surface area contributed by atoms with Crippen molar-refractivity contribution < 1.29 is 50.7 Å². The molecular weight excluding hydrogens is 899 g/mol. The molecule has 2 aliphatic rings. The van der Waals surface area contributed by atoms with Crippen LogP contribution in [0.3, 0.4) is 0 Å². The van der Waals surface area contributed by atoms with E-state index >= 15 is 0 Å². The van der Waals surface area contributed by atoms with Crippen LogP contribution in [0.15, 0.2) is 12.1 Å². The fourth-order valence-electron chi connectivity index (χ4n) is 2.57. The minimum atomic E-state index is -2.34. The zero-order valence-corrected chi connectivity index (χ0v) is 24.1. The van der Waals surface area contributed by atoms with Crippen LogP contribution in [-0.4, -0.2) is 79.8 Å². The molecule has 22 nitrogen and oxygen atoms in total. The third-order valence-corrected chi connectivity index (χ3v) is 8.12. The minimum absolute atomic E-state index is 0.246. The Hall–Kier alpha value is -4.12. The van der Waals surface area contributed by atoms with Crippen molar-refractivity contribution in [2.24, 2.45) is 0 Å². The van der Waals surface area contributed by atoms with Gasteiger partial charge in [-0.1, -0.05) is 0 Å². The van der Waals surface area contributed by atoms with E-state index in [0.29, 0.717) is 12.1 Å². The third kappa shape index (κ3) is 4.82. The molecule has 0 saturated heterocycles. The normalized spacial score (nSPS) is 13.2. The number of nitro benzene ring substituents is 4. The maximum absolute atomic E-state index is 11.6. The summed E-state index contributed by atoms with van der Waals surface area (Å²) in [5.74, 6) is -3.67. The van der Waals surface area contributed by atoms with Gasteiger partial charge >= 0.3 is 221 Å². The van der Waals surface area contributed by atoms with Crippen LogP contribution in [0.1, 0.15) is 0 Å². The van der Waals surface area contributed by atoms with Gasteiger partial charge in [0.1, 0.15) is 0 Å². The first-order chi connectivity index (χ1) is 16.9. The van der Waals surface area contributed by atoms with Crippen molar-refractivity contribution in [1.29, 1.82) is 0 Å². The van der Waals surface area contributed by atoms with E-state index in [-0.39, 0.29) is 9.85 Å². The van der Waals surface area contributed by atoms with Crippen LogP contribution in [0.25, 0.3) is 0 Å². The maximum atomic E-state index is 11.6. The second kappa shape index (κ2) is 10.2. The number of benzene rings is 2. The van der Waals surface area contributed by atoms with Crippen molar-refractivity contribution in [3.8, 4) is 23.0 Å². The summed E-state index contributed by atoms with van der Waals surface area (Å²) in [6, 6.07) is 0.952. The molecule has 2 aromatic carbocycles. The fourth-order valence-corrected chi connectivity index (χ4v) is 6.31. The number of hydrogen-bond acceptors (Lipinski definition) is 16. The molecule has 0 fully saturated rings. The van der Waals surface area contributed by atoms with Crippen LogP contribution in [0.4, 0.5) is 34.1 Å². The SMILES string of the molecule is O=[N+]([O-])c1cc([N+](=O)[O-])c2c(c1[O-])[N+](=O)[O][Pb][O]2.O=[N+]([O-])c1cc([N+](=O)[O-])c2c(c1[O-])[N+](=O)[O][Pb][O]2. The van der Waals surface area contributed by atoms with Crippen molar-refractivity contribution >= 4 is 84.4 Å². The molecule has 2 aliphatic heterocycles. The number of hydrogen-bond donors (Lipinski definition) is 0. The van der Waals surface area contributed by atoms with Crippen LogP contribution in [0.5, 0.6) is 23.0 Å². The Morgan fingerprint density at radius 2 is 0.917 bits per heavy atom. The third-order valence-electron chi connectivity index (χ3n) is 4.02. The molecule has 0 aliphatic carbocycles. The van der Waals surface area contributed by atoms with E-state index < -0.39 is 127 Å². The Balaban J connectivity index is 0.000000201. The Bertz CT molecular complexity index is 1280. The Morgan fingerprint density at radius 3 is 1.19 bits per heavy atom. The molecule has 36 heavy (non-hydrogen) atoms. The van der Waals surface area contributed by atoms with E-state index in [2.05, 4.69) is 5.58 Å². The van der Waals surface area contributed by atoms with Gasteiger partial charge in [0.05, 0.1) is 0 Å². The molecule has 0 amide bonds. The van der Waals surface area contributed by atoms with Gasteiger partial charge in [-0.25, -0.2) is 0 Å². The molecule has 0 N–H and O–H groups in total. The van der Waals surface area contributed by atoms with Gasteiger partial charge in [0.2, 0.25) is 0 Å². The molecule has 4 rings (SSSR count). The summed E-state index contributed by atoms with van der Waals surface area (Å²) in [5.41, 5.74) is -5.49. The molecular formula is C12H2N6O16Pb2. The molecule has 0 saturated carbocycles. The van der Waals surface area contributed by atoms with Gasteiger partial charge in [0, 0.05) is 0 Å². The van der Waals surface area contributed by atoms with E-state index in [0.717, 1.165) is 0 Å². The molecule has 0 aromatic heterocycles. The van der Waals surface area contributed by atoms with Gasteiger partial charge in [-0.3, -0.25) is 0 Å². The van der Waals surface area contributed by atoms with Gasteiger partial charge in [0.15, 0.2) is 0 Å². The van der Waals surface area contributed by atoms with Crippen LogP contribution >= 0.6 is 0 Å². The second-order valence-corrected chi connectivity index (χ2v) is 10.2. The number of nitro groups is 4. The van der Waals surface area contributed by atoms with Gasteiger partial charge in [-0.15, -0.1) is 0 Å². The van der Waals surface area contributed by atoms with E-state index in [1.54, 1.807) is 0 Å². The predicted octanol–water partition coefficient (Wildman–Crippen LogP) is -0.310. The fraction of sp³-hybridized carbons (Fsp3) is 0. The zero-order chi connectivity index (χ0) is 26.9. The summed E-state index contributed by atoms with van der Waals surface area (Å²) in [4.78, 5) is 60.5. The average Bonchev–Trinajstić information content (AvgIpc) is 2.79. The summed E-state index contributed by atoms with van der Waals surface area (Å²) in [6.45, 7) is 0. The number of fused-ring (bicyclic) bond motifs is 2. The first-order valence-corrected chi connectivity index (χ1v) is 14.7. The van der Waals surface area contributed by atoms with Crippen molar-refractivity contribution in [2.75, 3.05) is 0 Å². The molecule has 4 radical (unpaired) electrons. The average molecular weight is 901 g/mol. The Morgan fingerprint density at radius 1 is 0.611 bits per heavy atom. The number of rotatable bonds is 4. The first kappa shape index (κ1) is 26.5. The molecule has 2 aromatic rings. The molecule has 0 unspecified atom stereocenters. The molecule has 0 spiro atoms. The number of nitrogens with zero attached hydrogens (tertiary/aromatic N) is 6. The quantitative estimate of drug-likeness (QED) is 0.216. The zero-order valence-electron chi connectivity index (χ0n) is 16.4. The van der Waals surface area contributed by atoms with Crippen LogP contribution < -0.4 is 15.6 Å². The molecule has 24 heteroatoms. The van der Waals surface area contributed by atoms with Gasteiger partial charge in [-0.2, -0.15) is 0 Å². The molecule has 2 heterocycles. The topological polar surface area (TPSA) is 296 Å². The monoisotopic (exact) mass is 902 g/mol.